The molecule has 1 aromatic heterocycles. The molecular formula is C20H20ClN3O2. The van der Waals surface area contributed by atoms with Gasteiger partial charge in [0.15, 0.2) is 0 Å². The molecule has 0 saturated carbocycles. The van der Waals surface area contributed by atoms with Crippen molar-refractivity contribution in [2.75, 3.05) is 0 Å². The van der Waals surface area contributed by atoms with Gasteiger partial charge in [-0.25, -0.2) is 0 Å². The van der Waals surface area contributed by atoms with Crippen LogP contribution in [0.3, 0.4) is 0 Å². The van der Waals surface area contributed by atoms with Crippen molar-refractivity contribution in [2.24, 2.45) is 11.7 Å². The third-order valence-corrected chi connectivity index (χ3v) is 4.69. The molecule has 0 saturated heterocycles. The lowest BCUT2D eigenvalue weighted by Crippen LogP contribution is -2.33. The lowest BCUT2D eigenvalue weighted by atomic mass is 9.84. The van der Waals surface area contributed by atoms with Crippen LogP contribution in [0.2, 0.25) is 5.02 Å². The first kappa shape index (κ1) is 18.1. The van der Waals surface area contributed by atoms with Gasteiger partial charge in [0.1, 0.15) is 17.4 Å². The zero-order valence-corrected chi connectivity index (χ0v) is 15.7. The largest absolute Gasteiger partial charge is 0.440 e. The summed E-state index contributed by atoms with van der Waals surface area (Å²) in [7, 11) is 0. The highest BCUT2D eigenvalue weighted by molar-refractivity contribution is 6.30. The number of hydrogen-bond donors (Lipinski definition) is 1. The van der Waals surface area contributed by atoms with Gasteiger partial charge in [-0.15, -0.1) is 0 Å². The van der Waals surface area contributed by atoms with E-state index in [9.17, 15) is 10.1 Å². The van der Waals surface area contributed by atoms with Gasteiger partial charge in [-0.05, 0) is 30.5 Å². The number of hydrogen-bond acceptors (Lipinski definition) is 4. The molecule has 0 amide bonds. The molecule has 0 radical (unpaired) electrons. The van der Waals surface area contributed by atoms with Crippen molar-refractivity contribution in [1.82, 2.24) is 4.57 Å². The lowest BCUT2D eigenvalue weighted by Gasteiger charge is -2.27. The Bertz CT molecular complexity index is 982. The van der Waals surface area contributed by atoms with E-state index in [0.29, 0.717) is 28.8 Å². The zero-order valence-electron chi connectivity index (χ0n) is 14.9. The number of nitrogens with two attached hydrogens (primary N) is 1. The summed E-state index contributed by atoms with van der Waals surface area (Å²) in [6, 6.07) is 11.0. The molecule has 2 N–H and O–H groups in total. The average molecular weight is 370 g/mol. The van der Waals surface area contributed by atoms with E-state index >= 15 is 0 Å². The second kappa shape index (κ2) is 6.89. The Hall–Kier alpha value is -2.71. The summed E-state index contributed by atoms with van der Waals surface area (Å²) in [5.41, 5.74) is 8.06. The van der Waals surface area contributed by atoms with Crippen LogP contribution in [-0.4, -0.2) is 4.57 Å². The van der Waals surface area contributed by atoms with Crippen LogP contribution in [0.5, 0.6) is 5.75 Å². The number of ether oxygens (including phenoxy) is 1. The number of pyridine rings is 1. The van der Waals surface area contributed by atoms with Gasteiger partial charge in [0.2, 0.25) is 5.88 Å². The molecule has 0 spiro atoms. The maximum Gasteiger partial charge on any atom is 0.258 e. The fraction of sp³-hybridized carbons (Fsp3) is 0.300. The van der Waals surface area contributed by atoms with E-state index in [1.807, 2.05) is 13.0 Å². The molecule has 5 nitrogen and oxygen atoms in total. The topological polar surface area (TPSA) is 81.0 Å². The minimum atomic E-state index is -0.576. The van der Waals surface area contributed by atoms with E-state index in [4.69, 9.17) is 22.1 Å². The first-order valence-electron chi connectivity index (χ1n) is 8.40. The first-order chi connectivity index (χ1) is 12.3. The molecule has 134 valence electrons. The van der Waals surface area contributed by atoms with Gasteiger partial charge < -0.3 is 15.0 Å². The highest BCUT2D eigenvalue weighted by Crippen LogP contribution is 2.40. The molecule has 0 fully saturated rings. The van der Waals surface area contributed by atoms with Crippen molar-refractivity contribution in [2.45, 2.75) is 33.2 Å². The van der Waals surface area contributed by atoms with Crippen LogP contribution in [0.1, 0.15) is 36.6 Å². The number of rotatable bonds is 3. The number of nitriles is 1. The van der Waals surface area contributed by atoms with Gasteiger partial charge in [-0.3, -0.25) is 4.79 Å². The van der Waals surface area contributed by atoms with Gasteiger partial charge >= 0.3 is 0 Å². The molecule has 1 aliphatic rings. The second-order valence-electron chi connectivity index (χ2n) is 6.85. The summed E-state index contributed by atoms with van der Waals surface area (Å²) in [6.07, 6.45) is 0. The van der Waals surface area contributed by atoms with Crippen molar-refractivity contribution in [3.63, 3.8) is 0 Å². The van der Waals surface area contributed by atoms with Crippen molar-refractivity contribution in [3.8, 4) is 11.8 Å². The minimum absolute atomic E-state index is 0.0281. The predicted molar refractivity (Wildman–Crippen MR) is 101 cm³/mol. The van der Waals surface area contributed by atoms with Gasteiger partial charge in [-0.1, -0.05) is 37.6 Å². The summed E-state index contributed by atoms with van der Waals surface area (Å²) in [5, 5.41) is 10.2. The lowest BCUT2D eigenvalue weighted by molar-refractivity contribution is 0.386. The van der Waals surface area contributed by atoms with Crippen molar-refractivity contribution in [1.29, 1.82) is 5.26 Å². The minimum Gasteiger partial charge on any atom is -0.440 e. The van der Waals surface area contributed by atoms with Gasteiger partial charge in [0.25, 0.3) is 5.56 Å². The molecular weight excluding hydrogens is 350 g/mol. The SMILES string of the molecule is Cc1cc2c(c(=O)n1CC(C)C)[C@H](c1ccc(Cl)cc1)C(C#N)=C(N)O2. The number of nitrogens with zero attached hydrogens (tertiary/aromatic N) is 2. The molecule has 0 unspecified atom stereocenters. The van der Waals surface area contributed by atoms with Crippen molar-refractivity contribution >= 4 is 11.6 Å². The maximum atomic E-state index is 13.3. The Morgan fingerprint density at radius 2 is 2.00 bits per heavy atom. The molecule has 0 bridgehead atoms. The van der Waals surface area contributed by atoms with E-state index in [1.54, 1.807) is 28.8 Å². The number of benzene rings is 1. The molecule has 1 atom stereocenters. The number of halogens is 1. The monoisotopic (exact) mass is 369 g/mol. The fourth-order valence-corrected chi connectivity index (χ4v) is 3.39. The van der Waals surface area contributed by atoms with Crippen LogP contribution in [0.15, 0.2) is 46.6 Å². The van der Waals surface area contributed by atoms with Crippen LogP contribution < -0.4 is 16.0 Å². The Kier molecular flexibility index (Phi) is 4.80. The molecule has 6 heteroatoms. The first-order valence-corrected chi connectivity index (χ1v) is 8.78. The Morgan fingerprint density at radius 3 is 2.58 bits per heavy atom. The van der Waals surface area contributed by atoms with Gasteiger partial charge in [-0.2, -0.15) is 5.26 Å². The Morgan fingerprint density at radius 1 is 1.35 bits per heavy atom. The van der Waals surface area contributed by atoms with Crippen LogP contribution in [-0.2, 0) is 6.54 Å². The summed E-state index contributed by atoms with van der Waals surface area (Å²) in [4.78, 5) is 13.3. The van der Waals surface area contributed by atoms with Crippen molar-refractivity contribution in [3.05, 3.63) is 74.0 Å². The fourth-order valence-electron chi connectivity index (χ4n) is 3.27. The highest BCUT2D eigenvalue weighted by atomic mass is 35.5. The number of aryl methyl sites for hydroxylation is 1. The van der Waals surface area contributed by atoms with Crippen LogP contribution in [0.4, 0.5) is 0 Å². The van der Waals surface area contributed by atoms with E-state index in [1.165, 1.54) is 0 Å². The number of fused-ring (bicyclic) bond motifs is 1. The molecule has 3 rings (SSSR count). The van der Waals surface area contributed by atoms with Gasteiger partial charge in [0.05, 0.1) is 11.5 Å². The molecule has 0 aliphatic carbocycles. The molecule has 2 heterocycles. The Balaban J connectivity index is 2.29. The number of allylic oxidation sites excluding steroid dienone is 1. The summed E-state index contributed by atoms with van der Waals surface area (Å²) in [5.74, 6) is 0.163. The Labute approximate surface area is 157 Å². The maximum absolute atomic E-state index is 13.3. The van der Waals surface area contributed by atoms with Gasteiger partial charge in [0, 0.05) is 23.3 Å². The third-order valence-electron chi connectivity index (χ3n) is 4.44. The van der Waals surface area contributed by atoms with E-state index in [2.05, 4.69) is 19.9 Å². The van der Waals surface area contributed by atoms with E-state index < -0.39 is 5.92 Å². The average Bonchev–Trinajstić information content (AvgIpc) is 2.58. The molecule has 1 aliphatic heterocycles. The van der Waals surface area contributed by atoms with Crippen LogP contribution in [0, 0.1) is 24.2 Å². The summed E-state index contributed by atoms with van der Waals surface area (Å²) in [6.45, 7) is 6.56. The van der Waals surface area contributed by atoms with E-state index in [0.717, 1.165) is 11.3 Å². The van der Waals surface area contributed by atoms with E-state index in [-0.39, 0.29) is 17.0 Å². The van der Waals surface area contributed by atoms with Crippen LogP contribution >= 0.6 is 11.6 Å². The molecule has 26 heavy (non-hydrogen) atoms. The standard InChI is InChI=1S/C20H20ClN3O2/c1-11(2)10-24-12(3)8-16-18(20(24)25)17(15(9-22)19(23)26-16)13-4-6-14(21)7-5-13/h4-8,11,17H,10,23H2,1-3H3/t17-/m1/s1. The summed E-state index contributed by atoms with van der Waals surface area (Å²) >= 11 is 5.99. The normalized spacial score (nSPS) is 16.2. The summed E-state index contributed by atoms with van der Waals surface area (Å²) < 4.78 is 7.36. The molecule has 1 aromatic carbocycles. The smallest absolute Gasteiger partial charge is 0.258 e. The second-order valence-corrected chi connectivity index (χ2v) is 7.29. The quantitative estimate of drug-likeness (QED) is 0.894. The van der Waals surface area contributed by atoms with Crippen LogP contribution in [0.25, 0.3) is 0 Å². The van der Waals surface area contributed by atoms with Crippen molar-refractivity contribution < 1.29 is 4.74 Å². The zero-order chi connectivity index (χ0) is 19.0. The number of aromatic nitrogens is 1. The third kappa shape index (κ3) is 3.09. The predicted octanol–water partition coefficient (Wildman–Crippen LogP) is 3.68. The highest BCUT2D eigenvalue weighted by Gasteiger charge is 2.34. The molecule has 2 aromatic rings.